The van der Waals surface area contributed by atoms with E-state index < -0.39 is 0 Å². The molecule has 0 spiro atoms. The molecule has 90 valence electrons. The van der Waals surface area contributed by atoms with Crippen LogP contribution in [-0.4, -0.2) is 29.3 Å². The molecule has 0 aromatic heterocycles. The molecule has 0 N–H and O–H groups in total. The summed E-state index contributed by atoms with van der Waals surface area (Å²) < 4.78 is 0. The average molecular weight is 234 g/mol. The standard InChI is InChI=1S/C12H24ClNO/c1-4-7-8-9-10-11(13)12(15)14(5-2)6-3/h11H,4-10H2,1-3H3. The van der Waals surface area contributed by atoms with Crippen LogP contribution in [0, 0.1) is 0 Å². The van der Waals surface area contributed by atoms with Crippen molar-refractivity contribution in [2.75, 3.05) is 13.1 Å². The van der Waals surface area contributed by atoms with Gasteiger partial charge >= 0.3 is 0 Å². The molecular formula is C12H24ClNO. The van der Waals surface area contributed by atoms with Crippen LogP contribution < -0.4 is 0 Å². The van der Waals surface area contributed by atoms with Gasteiger partial charge in [0.1, 0.15) is 5.38 Å². The van der Waals surface area contributed by atoms with Crippen molar-refractivity contribution in [2.24, 2.45) is 0 Å². The predicted molar refractivity (Wildman–Crippen MR) is 66.3 cm³/mol. The van der Waals surface area contributed by atoms with E-state index >= 15 is 0 Å². The zero-order chi connectivity index (χ0) is 11.7. The summed E-state index contributed by atoms with van der Waals surface area (Å²) in [7, 11) is 0. The molecule has 1 atom stereocenters. The molecule has 0 radical (unpaired) electrons. The number of alkyl halides is 1. The fourth-order valence-corrected chi connectivity index (χ4v) is 1.90. The summed E-state index contributed by atoms with van der Waals surface area (Å²) >= 11 is 6.07. The molecule has 0 aliphatic rings. The highest BCUT2D eigenvalue weighted by Crippen LogP contribution is 2.12. The number of rotatable bonds is 8. The van der Waals surface area contributed by atoms with Crippen LogP contribution in [0.1, 0.15) is 52.9 Å². The molecule has 1 unspecified atom stereocenters. The van der Waals surface area contributed by atoms with E-state index in [1.54, 1.807) is 4.90 Å². The van der Waals surface area contributed by atoms with Gasteiger partial charge in [-0.15, -0.1) is 11.6 Å². The number of carbonyl (C=O) groups is 1. The maximum absolute atomic E-state index is 11.8. The van der Waals surface area contributed by atoms with Gasteiger partial charge in [-0.25, -0.2) is 0 Å². The van der Waals surface area contributed by atoms with Crippen molar-refractivity contribution in [3.05, 3.63) is 0 Å². The van der Waals surface area contributed by atoms with Gasteiger partial charge in [0.2, 0.25) is 5.91 Å². The number of unbranched alkanes of at least 4 members (excludes halogenated alkanes) is 3. The fourth-order valence-electron chi connectivity index (χ4n) is 1.61. The summed E-state index contributed by atoms with van der Waals surface area (Å²) in [6.45, 7) is 7.67. The number of hydrogen-bond donors (Lipinski definition) is 0. The van der Waals surface area contributed by atoms with Gasteiger partial charge in [-0.2, -0.15) is 0 Å². The molecule has 2 nitrogen and oxygen atoms in total. The van der Waals surface area contributed by atoms with Gasteiger partial charge in [0.25, 0.3) is 0 Å². The Morgan fingerprint density at radius 2 is 1.73 bits per heavy atom. The molecule has 0 saturated carbocycles. The van der Waals surface area contributed by atoms with Crippen molar-refractivity contribution in [2.45, 2.75) is 58.3 Å². The first-order chi connectivity index (χ1) is 7.17. The van der Waals surface area contributed by atoms with E-state index in [1.807, 2.05) is 13.8 Å². The first-order valence-electron chi connectivity index (χ1n) is 6.10. The van der Waals surface area contributed by atoms with Crippen molar-refractivity contribution in [1.82, 2.24) is 4.90 Å². The lowest BCUT2D eigenvalue weighted by Gasteiger charge is -2.21. The van der Waals surface area contributed by atoms with Gasteiger partial charge in [0.05, 0.1) is 0 Å². The van der Waals surface area contributed by atoms with Crippen LogP contribution in [0.3, 0.4) is 0 Å². The van der Waals surface area contributed by atoms with E-state index in [9.17, 15) is 4.79 Å². The molecule has 0 aliphatic heterocycles. The normalized spacial score (nSPS) is 12.5. The molecule has 0 fully saturated rings. The Morgan fingerprint density at radius 3 is 2.20 bits per heavy atom. The number of carbonyl (C=O) groups excluding carboxylic acids is 1. The van der Waals surface area contributed by atoms with Gasteiger partial charge in [0.15, 0.2) is 0 Å². The second-order valence-electron chi connectivity index (χ2n) is 3.83. The smallest absolute Gasteiger partial charge is 0.240 e. The Labute approximate surface area is 99.0 Å². The Morgan fingerprint density at radius 1 is 1.13 bits per heavy atom. The minimum absolute atomic E-state index is 0.0955. The predicted octanol–water partition coefficient (Wildman–Crippen LogP) is 3.43. The third-order valence-electron chi connectivity index (χ3n) is 2.65. The number of halogens is 1. The van der Waals surface area contributed by atoms with Gasteiger partial charge in [-0.05, 0) is 20.3 Å². The summed E-state index contributed by atoms with van der Waals surface area (Å²) in [5.41, 5.74) is 0. The van der Waals surface area contributed by atoms with Crippen molar-refractivity contribution in [3.63, 3.8) is 0 Å². The molecule has 0 bridgehead atoms. The highest BCUT2D eigenvalue weighted by Gasteiger charge is 2.19. The molecule has 0 aliphatic carbocycles. The van der Waals surface area contributed by atoms with Gasteiger partial charge in [0, 0.05) is 13.1 Å². The van der Waals surface area contributed by atoms with Crippen molar-refractivity contribution in [3.8, 4) is 0 Å². The maximum Gasteiger partial charge on any atom is 0.240 e. The number of amides is 1. The molecule has 3 heteroatoms. The van der Waals surface area contributed by atoms with Crippen molar-refractivity contribution < 1.29 is 4.79 Å². The highest BCUT2D eigenvalue weighted by atomic mass is 35.5. The molecule has 0 heterocycles. The summed E-state index contributed by atoms with van der Waals surface area (Å²) in [4.78, 5) is 13.6. The average Bonchev–Trinajstić information content (AvgIpc) is 2.25. The Bertz CT molecular complexity index is 169. The second-order valence-corrected chi connectivity index (χ2v) is 4.35. The molecular weight excluding hydrogens is 210 g/mol. The van der Waals surface area contributed by atoms with Crippen LogP contribution >= 0.6 is 11.6 Å². The third kappa shape index (κ3) is 6.03. The van der Waals surface area contributed by atoms with Crippen LogP contribution in [0.2, 0.25) is 0 Å². The highest BCUT2D eigenvalue weighted by molar-refractivity contribution is 6.30. The largest absolute Gasteiger partial charge is 0.342 e. The monoisotopic (exact) mass is 233 g/mol. The number of nitrogens with zero attached hydrogens (tertiary/aromatic N) is 1. The Kier molecular flexibility index (Phi) is 8.88. The van der Waals surface area contributed by atoms with Crippen LogP contribution in [-0.2, 0) is 4.79 Å². The third-order valence-corrected chi connectivity index (χ3v) is 3.06. The van der Waals surface area contributed by atoms with E-state index in [1.165, 1.54) is 19.3 Å². The van der Waals surface area contributed by atoms with Crippen LogP contribution in [0.25, 0.3) is 0 Å². The van der Waals surface area contributed by atoms with Crippen molar-refractivity contribution in [1.29, 1.82) is 0 Å². The lowest BCUT2D eigenvalue weighted by Crippen LogP contribution is -2.36. The van der Waals surface area contributed by atoms with Crippen molar-refractivity contribution >= 4 is 17.5 Å². The minimum atomic E-state index is -0.318. The molecule has 15 heavy (non-hydrogen) atoms. The van der Waals surface area contributed by atoms with Crippen LogP contribution in [0.4, 0.5) is 0 Å². The fraction of sp³-hybridized carbons (Fsp3) is 0.917. The molecule has 0 aromatic carbocycles. The zero-order valence-corrected chi connectivity index (χ0v) is 11.0. The maximum atomic E-state index is 11.8. The van der Waals surface area contributed by atoms with Crippen LogP contribution in [0.5, 0.6) is 0 Å². The minimum Gasteiger partial charge on any atom is -0.342 e. The lowest BCUT2D eigenvalue weighted by molar-refractivity contribution is -0.130. The van der Waals surface area contributed by atoms with Gasteiger partial charge < -0.3 is 4.90 Å². The molecule has 0 aromatic rings. The number of hydrogen-bond acceptors (Lipinski definition) is 1. The summed E-state index contributed by atoms with van der Waals surface area (Å²) in [5.74, 6) is 0.0955. The SMILES string of the molecule is CCCCCCC(Cl)C(=O)N(CC)CC. The van der Waals surface area contributed by atoms with E-state index in [2.05, 4.69) is 6.92 Å². The lowest BCUT2D eigenvalue weighted by atomic mass is 10.1. The molecule has 1 amide bonds. The van der Waals surface area contributed by atoms with E-state index in [4.69, 9.17) is 11.6 Å². The van der Waals surface area contributed by atoms with E-state index in [0.29, 0.717) is 0 Å². The zero-order valence-electron chi connectivity index (χ0n) is 10.3. The summed E-state index contributed by atoms with van der Waals surface area (Å²) in [5, 5.41) is -0.318. The molecule has 0 saturated heterocycles. The molecule has 0 rings (SSSR count). The topological polar surface area (TPSA) is 20.3 Å². The van der Waals surface area contributed by atoms with Crippen LogP contribution in [0.15, 0.2) is 0 Å². The van der Waals surface area contributed by atoms with E-state index in [0.717, 1.165) is 25.9 Å². The Hall–Kier alpha value is -0.240. The first kappa shape index (κ1) is 14.8. The summed E-state index contributed by atoms with van der Waals surface area (Å²) in [6.07, 6.45) is 5.52. The van der Waals surface area contributed by atoms with Gasteiger partial charge in [-0.3, -0.25) is 4.79 Å². The summed E-state index contributed by atoms with van der Waals surface area (Å²) in [6, 6.07) is 0. The van der Waals surface area contributed by atoms with Gasteiger partial charge in [-0.1, -0.05) is 32.6 Å². The quantitative estimate of drug-likeness (QED) is 0.465. The second kappa shape index (κ2) is 9.02. The Balaban J connectivity index is 3.77. The van der Waals surface area contributed by atoms with E-state index in [-0.39, 0.29) is 11.3 Å². The first-order valence-corrected chi connectivity index (χ1v) is 6.53.